The zero-order valence-electron chi connectivity index (χ0n) is 24.3. The highest BCUT2D eigenvalue weighted by Gasteiger charge is 2.36. The van der Waals surface area contributed by atoms with Crippen molar-refractivity contribution in [3.05, 3.63) is 34.5 Å². The van der Waals surface area contributed by atoms with Crippen molar-refractivity contribution in [1.29, 1.82) is 0 Å². The standard InChI is InChI=1S/C27H37BrN6O9S/c1-15(27(40)34-11-5-7-20(34)23(29)36)31-25(38)19(14-35)32-24(37)18(33-44(2,41)42)6-3-4-10-30-26(39)22-12-16-8-9-17(28)13-21(16)43-22/h8-9,12-13,15,18-20,33,35H,3-7,10-11,14H2,1-2H3,(H2,29,36)(H,30,39)(H,31,38)(H,32,37)/t15-,18-,19-,20-/m0/s1. The Balaban J connectivity index is 1.51. The van der Waals surface area contributed by atoms with Crippen LogP contribution in [0.4, 0.5) is 0 Å². The van der Waals surface area contributed by atoms with E-state index < -0.39 is 70.3 Å². The topological polar surface area (TPSA) is 230 Å². The van der Waals surface area contributed by atoms with Gasteiger partial charge in [0.1, 0.15) is 29.8 Å². The summed E-state index contributed by atoms with van der Waals surface area (Å²) >= 11 is 3.34. The normalized spacial score (nSPS) is 17.1. The number of aliphatic hydroxyl groups excluding tert-OH is 1. The Kier molecular flexibility index (Phi) is 12.3. The van der Waals surface area contributed by atoms with Gasteiger partial charge in [0.15, 0.2) is 5.76 Å². The van der Waals surface area contributed by atoms with Crippen LogP contribution in [-0.2, 0) is 29.2 Å². The number of likely N-dealkylation sites (tertiary alicyclic amines) is 1. The summed E-state index contributed by atoms with van der Waals surface area (Å²) in [6, 6.07) is 2.35. The number of sulfonamides is 1. The number of fused-ring (bicyclic) bond motifs is 1. The van der Waals surface area contributed by atoms with E-state index in [0.29, 0.717) is 37.8 Å². The molecule has 44 heavy (non-hydrogen) atoms. The van der Waals surface area contributed by atoms with Crippen LogP contribution in [0, 0.1) is 0 Å². The maximum Gasteiger partial charge on any atom is 0.287 e. The van der Waals surface area contributed by atoms with E-state index in [1.54, 1.807) is 18.2 Å². The van der Waals surface area contributed by atoms with Gasteiger partial charge >= 0.3 is 0 Å². The summed E-state index contributed by atoms with van der Waals surface area (Å²) in [5, 5.41) is 18.0. The molecule has 1 aromatic heterocycles. The third-order valence-electron chi connectivity index (χ3n) is 6.99. The summed E-state index contributed by atoms with van der Waals surface area (Å²) in [5.74, 6) is -3.24. The Bertz CT molecular complexity index is 1500. The molecule has 1 aromatic carbocycles. The molecule has 3 rings (SSSR count). The number of halogens is 1. The largest absolute Gasteiger partial charge is 0.451 e. The molecule has 7 N–H and O–H groups in total. The second-order valence-electron chi connectivity index (χ2n) is 10.6. The average molecular weight is 702 g/mol. The molecular formula is C27H37BrN6O9S. The van der Waals surface area contributed by atoms with Gasteiger partial charge in [0, 0.05) is 22.9 Å². The predicted molar refractivity (Wildman–Crippen MR) is 162 cm³/mol. The van der Waals surface area contributed by atoms with Gasteiger partial charge in [0.05, 0.1) is 12.9 Å². The van der Waals surface area contributed by atoms with Gasteiger partial charge in [-0.3, -0.25) is 24.0 Å². The molecule has 4 atom stereocenters. The fourth-order valence-electron chi connectivity index (χ4n) is 4.80. The molecule has 5 amide bonds. The first-order chi connectivity index (χ1) is 20.7. The maximum atomic E-state index is 13.0. The fourth-order valence-corrected chi connectivity index (χ4v) is 5.88. The highest BCUT2D eigenvalue weighted by molar-refractivity contribution is 9.10. The average Bonchev–Trinajstić information content (AvgIpc) is 3.61. The number of unbranched alkanes of at least 4 members (excludes halogenated alkanes) is 1. The highest BCUT2D eigenvalue weighted by Crippen LogP contribution is 2.23. The second-order valence-corrected chi connectivity index (χ2v) is 13.2. The molecule has 2 heterocycles. The molecule has 242 valence electrons. The van der Waals surface area contributed by atoms with E-state index in [1.807, 2.05) is 6.07 Å². The number of carbonyl (C=O) groups excluding carboxylic acids is 5. The SMILES string of the molecule is C[C@H](NC(=O)[C@H](CO)NC(=O)[C@H](CCCCNC(=O)c1cc2ccc(Br)cc2o1)NS(C)(=O)=O)C(=O)N1CCC[C@H]1C(N)=O. The number of rotatable bonds is 15. The third kappa shape index (κ3) is 9.73. The van der Waals surface area contributed by atoms with E-state index in [2.05, 4.69) is 36.6 Å². The zero-order chi connectivity index (χ0) is 32.6. The highest BCUT2D eigenvalue weighted by atomic mass is 79.9. The second kappa shape index (κ2) is 15.5. The summed E-state index contributed by atoms with van der Waals surface area (Å²) in [7, 11) is -3.84. The fraction of sp³-hybridized carbons (Fsp3) is 0.519. The molecule has 0 bridgehead atoms. The molecule has 17 heteroatoms. The van der Waals surface area contributed by atoms with Crippen molar-refractivity contribution in [3.8, 4) is 0 Å². The van der Waals surface area contributed by atoms with Crippen molar-refractivity contribution in [1.82, 2.24) is 25.6 Å². The lowest BCUT2D eigenvalue weighted by atomic mass is 10.1. The molecule has 0 radical (unpaired) electrons. The minimum Gasteiger partial charge on any atom is -0.451 e. The van der Waals surface area contributed by atoms with E-state index in [9.17, 15) is 37.5 Å². The predicted octanol–water partition coefficient (Wildman–Crippen LogP) is -0.529. The number of nitrogens with one attached hydrogen (secondary N) is 4. The molecular weight excluding hydrogens is 664 g/mol. The van der Waals surface area contributed by atoms with Crippen LogP contribution in [0.5, 0.6) is 0 Å². The maximum absolute atomic E-state index is 13.0. The Morgan fingerprint density at radius 3 is 2.48 bits per heavy atom. The Hall–Kier alpha value is -3.54. The van der Waals surface area contributed by atoms with Crippen molar-refractivity contribution in [2.45, 2.75) is 63.2 Å². The van der Waals surface area contributed by atoms with Crippen LogP contribution in [0.2, 0.25) is 0 Å². The van der Waals surface area contributed by atoms with Crippen LogP contribution < -0.4 is 26.4 Å². The lowest BCUT2D eigenvalue weighted by Crippen LogP contribution is -2.58. The molecule has 15 nitrogen and oxygen atoms in total. The zero-order valence-corrected chi connectivity index (χ0v) is 26.7. The number of carbonyl (C=O) groups is 5. The minimum atomic E-state index is -3.84. The van der Waals surface area contributed by atoms with Gasteiger partial charge in [-0.15, -0.1) is 0 Å². The number of furan rings is 1. The van der Waals surface area contributed by atoms with Crippen LogP contribution in [0.1, 0.15) is 49.6 Å². The smallest absolute Gasteiger partial charge is 0.287 e. The summed E-state index contributed by atoms with van der Waals surface area (Å²) in [4.78, 5) is 63.9. The van der Waals surface area contributed by atoms with Crippen LogP contribution in [-0.4, -0.2) is 98.1 Å². The molecule has 2 aromatic rings. The molecule has 0 spiro atoms. The monoisotopic (exact) mass is 700 g/mol. The van der Waals surface area contributed by atoms with Crippen molar-refractivity contribution >= 4 is 66.5 Å². The molecule has 0 aliphatic carbocycles. The lowest BCUT2D eigenvalue weighted by Gasteiger charge is -2.27. The number of benzene rings is 1. The minimum absolute atomic E-state index is 0.0194. The number of hydrogen-bond acceptors (Lipinski definition) is 9. The van der Waals surface area contributed by atoms with Gasteiger partial charge < -0.3 is 36.1 Å². The number of nitrogens with two attached hydrogens (primary N) is 1. The quantitative estimate of drug-likeness (QED) is 0.131. The van der Waals surface area contributed by atoms with Crippen LogP contribution in [0.3, 0.4) is 0 Å². The number of nitrogens with zero attached hydrogens (tertiary/aromatic N) is 1. The number of primary amides is 1. The molecule has 1 aliphatic heterocycles. The van der Waals surface area contributed by atoms with Gasteiger partial charge in [-0.25, -0.2) is 13.1 Å². The number of amides is 5. The number of hydrogen-bond donors (Lipinski definition) is 6. The first kappa shape index (κ1) is 34.9. The summed E-state index contributed by atoms with van der Waals surface area (Å²) in [5.41, 5.74) is 5.90. The van der Waals surface area contributed by atoms with Crippen molar-refractivity contribution in [3.63, 3.8) is 0 Å². The summed E-state index contributed by atoms with van der Waals surface area (Å²) < 4.78 is 32.4. The Morgan fingerprint density at radius 1 is 1.11 bits per heavy atom. The van der Waals surface area contributed by atoms with Gasteiger partial charge in [-0.05, 0) is 63.3 Å². The van der Waals surface area contributed by atoms with E-state index in [4.69, 9.17) is 10.2 Å². The third-order valence-corrected chi connectivity index (χ3v) is 8.20. The van der Waals surface area contributed by atoms with E-state index in [0.717, 1.165) is 16.1 Å². The molecule has 0 saturated carbocycles. The molecule has 1 aliphatic rings. The van der Waals surface area contributed by atoms with Crippen molar-refractivity contribution in [2.24, 2.45) is 5.73 Å². The number of aliphatic hydroxyl groups is 1. The van der Waals surface area contributed by atoms with Gasteiger partial charge in [-0.1, -0.05) is 15.9 Å². The molecule has 1 saturated heterocycles. The van der Waals surface area contributed by atoms with Crippen molar-refractivity contribution in [2.75, 3.05) is 26.0 Å². The molecule has 0 unspecified atom stereocenters. The van der Waals surface area contributed by atoms with Crippen LogP contribution in [0.15, 0.2) is 33.2 Å². The van der Waals surface area contributed by atoms with E-state index in [1.165, 1.54) is 11.8 Å². The van der Waals surface area contributed by atoms with Crippen molar-refractivity contribution < 1.29 is 41.9 Å². The Labute approximate surface area is 262 Å². The van der Waals surface area contributed by atoms with Gasteiger partial charge in [0.25, 0.3) is 5.91 Å². The first-order valence-electron chi connectivity index (χ1n) is 14.0. The Morgan fingerprint density at radius 2 is 1.82 bits per heavy atom. The van der Waals surface area contributed by atoms with E-state index in [-0.39, 0.29) is 18.7 Å². The lowest BCUT2D eigenvalue weighted by molar-refractivity contribution is -0.140. The first-order valence-corrected chi connectivity index (χ1v) is 16.6. The van der Waals surface area contributed by atoms with Gasteiger partial charge in [0.2, 0.25) is 33.7 Å². The summed E-state index contributed by atoms with van der Waals surface area (Å²) in [6.07, 6.45) is 2.59. The van der Waals surface area contributed by atoms with Crippen LogP contribution in [0.25, 0.3) is 11.0 Å². The molecule has 1 fully saturated rings. The summed E-state index contributed by atoms with van der Waals surface area (Å²) in [6.45, 7) is 1.08. The van der Waals surface area contributed by atoms with Gasteiger partial charge in [-0.2, -0.15) is 0 Å². The van der Waals surface area contributed by atoms with E-state index >= 15 is 0 Å². The van der Waals surface area contributed by atoms with Crippen LogP contribution >= 0.6 is 15.9 Å².